The molecule has 4 heteroatoms. The van der Waals surface area contributed by atoms with E-state index in [1.165, 1.54) is 5.56 Å². The summed E-state index contributed by atoms with van der Waals surface area (Å²) in [5.74, 6) is 0.998. The quantitative estimate of drug-likeness (QED) is 0.464. The fourth-order valence-corrected chi connectivity index (χ4v) is 2.70. The van der Waals surface area contributed by atoms with Crippen molar-refractivity contribution in [3.05, 3.63) is 76.2 Å². The maximum Gasteiger partial charge on any atom is 0.122 e. The number of hydrogen-bond donors (Lipinski definition) is 0. The summed E-state index contributed by atoms with van der Waals surface area (Å²) in [6, 6.07) is 17.9. The lowest BCUT2D eigenvalue weighted by molar-refractivity contribution is 0.194. The average Bonchev–Trinajstić information content (AvgIpc) is 2.51. The van der Waals surface area contributed by atoms with Gasteiger partial charge in [0.15, 0.2) is 0 Å². The SMILES string of the molecule is [N-]=[N+]=NC1c2ccccc2OCC1Cc1ccccc1. The Balaban J connectivity index is 1.90. The Morgan fingerprint density at radius 2 is 1.85 bits per heavy atom. The molecule has 0 radical (unpaired) electrons. The van der Waals surface area contributed by atoms with E-state index in [2.05, 4.69) is 22.2 Å². The minimum absolute atomic E-state index is 0.162. The van der Waals surface area contributed by atoms with Crippen LogP contribution < -0.4 is 4.74 Å². The van der Waals surface area contributed by atoms with Crippen molar-refractivity contribution in [2.75, 3.05) is 6.61 Å². The lowest BCUT2D eigenvalue weighted by atomic mass is 9.86. The summed E-state index contributed by atoms with van der Waals surface area (Å²) < 4.78 is 5.80. The Hall–Kier alpha value is -2.45. The molecule has 0 aromatic heterocycles. The minimum atomic E-state index is -0.162. The smallest absolute Gasteiger partial charge is 0.122 e. The largest absolute Gasteiger partial charge is 0.493 e. The molecule has 1 heterocycles. The molecule has 2 unspecified atom stereocenters. The van der Waals surface area contributed by atoms with Gasteiger partial charge in [-0.3, -0.25) is 0 Å². The fourth-order valence-electron chi connectivity index (χ4n) is 2.70. The van der Waals surface area contributed by atoms with E-state index < -0.39 is 0 Å². The van der Waals surface area contributed by atoms with Crippen LogP contribution in [0, 0.1) is 5.92 Å². The van der Waals surface area contributed by atoms with Gasteiger partial charge in [-0.25, -0.2) is 0 Å². The van der Waals surface area contributed by atoms with Gasteiger partial charge in [0.05, 0.1) is 12.6 Å². The third-order valence-electron chi connectivity index (χ3n) is 3.65. The van der Waals surface area contributed by atoms with E-state index in [0.29, 0.717) is 6.61 Å². The van der Waals surface area contributed by atoms with Crippen molar-refractivity contribution in [1.29, 1.82) is 0 Å². The Morgan fingerprint density at radius 3 is 2.65 bits per heavy atom. The Morgan fingerprint density at radius 1 is 1.10 bits per heavy atom. The molecule has 100 valence electrons. The predicted octanol–water partition coefficient (Wildman–Crippen LogP) is 4.29. The first-order valence-electron chi connectivity index (χ1n) is 6.68. The molecular weight excluding hydrogens is 250 g/mol. The lowest BCUT2D eigenvalue weighted by Gasteiger charge is -2.30. The molecule has 1 aliphatic heterocycles. The lowest BCUT2D eigenvalue weighted by Crippen LogP contribution is -2.26. The highest BCUT2D eigenvalue weighted by molar-refractivity contribution is 5.38. The van der Waals surface area contributed by atoms with Crippen molar-refractivity contribution in [1.82, 2.24) is 0 Å². The van der Waals surface area contributed by atoms with Gasteiger partial charge in [0.25, 0.3) is 0 Å². The fraction of sp³-hybridized carbons (Fsp3) is 0.250. The van der Waals surface area contributed by atoms with Gasteiger partial charge >= 0.3 is 0 Å². The molecule has 2 atom stereocenters. The number of hydrogen-bond acceptors (Lipinski definition) is 2. The number of para-hydroxylation sites is 1. The normalized spacial score (nSPS) is 20.4. The van der Waals surface area contributed by atoms with Crippen molar-refractivity contribution >= 4 is 0 Å². The number of benzene rings is 2. The molecule has 0 saturated heterocycles. The van der Waals surface area contributed by atoms with E-state index in [0.717, 1.165) is 17.7 Å². The van der Waals surface area contributed by atoms with Gasteiger partial charge in [0.2, 0.25) is 0 Å². The van der Waals surface area contributed by atoms with Crippen molar-refractivity contribution < 1.29 is 4.74 Å². The van der Waals surface area contributed by atoms with Gasteiger partial charge in [-0.15, -0.1) is 0 Å². The van der Waals surface area contributed by atoms with Gasteiger partial charge in [0, 0.05) is 16.4 Å². The van der Waals surface area contributed by atoms with Crippen LogP contribution in [0.1, 0.15) is 17.2 Å². The second-order valence-corrected chi connectivity index (χ2v) is 4.95. The summed E-state index contributed by atoms with van der Waals surface area (Å²) in [6.07, 6.45) is 0.846. The van der Waals surface area contributed by atoms with Crippen LogP contribution in [0.3, 0.4) is 0 Å². The first kappa shape index (κ1) is 12.6. The molecule has 0 N–H and O–H groups in total. The van der Waals surface area contributed by atoms with E-state index in [-0.39, 0.29) is 12.0 Å². The molecule has 0 aliphatic carbocycles. The van der Waals surface area contributed by atoms with Gasteiger partial charge < -0.3 is 4.74 Å². The van der Waals surface area contributed by atoms with Crippen molar-refractivity contribution in [3.63, 3.8) is 0 Å². The summed E-state index contributed by atoms with van der Waals surface area (Å²) in [4.78, 5) is 3.02. The molecule has 20 heavy (non-hydrogen) atoms. The molecule has 0 bridgehead atoms. The monoisotopic (exact) mass is 265 g/mol. The number of ether oxygens (including phenoxy) is 1. The van der Waals surface area contributed by atoms with Gasteiger partial charge in [-0.05, 0) is 23.6 Å². The maximum atomic E-state index is 8.85. The summed E-state index contributed by atoms with van der Waals surface area (Å²) in [5.41, 5.74) is 11.1. The van der Waals surface area contributed by atoms with Crippen LogP contribution in [0.4, 0.5) is 0 Å². The van der Waals surface area contributed by atoms with Gasteiger partial charge in [-0.2, -0.15) is 0 Å². The zero-order valence-electron chi connectivity index (χ0n) is 11.0. The topological polar surface area (TPSA) is 58.0 Å². The number of nitrogens with zero attached hydrogens (tertiary/aromatic N) is 3. The summed E-state index contributed by atoms with van der Waals surface area (Å²) in [5, 5.41) is 4.00. The van der Waals surface area contributed by atoms with Crippen LogP contribution in [-0.2, 0) is 6.42 Å². The summed E-state index contributed by atoms with van der Waals surface area (Å²) in [6.45, 7) is 0.579. The van der Waals surface area contributed by atoms with E-state index in [1.807, 2.05) is 42.5 Å². The van der Waals surface area contributed by atoms with Crippen molar-refractivity contribution in [2.24, 2.45) is 11.0 Å². The highest BCUT2D eigenvalue weighted by Crippen LogP contribution is 2.39. The Bertz CT molecular complexity index is 635. The zero-order valence-corrected chi connectivity index (χ0v) is 11.0. The zero-order chi connectivity index (χ0) is 13.8. The van der Waals surface area contributed by atoms with Gasteiger partial charge in [-0.1, -0.05) is 53.6 Å². The Labute approximate surface area is 117 Å². The molecule has 0 spiro atoms. The van der Waals surface area contributed by atoms with Crippen molar-refractivity contribution in [2.45, 2.75) is 12.5 Å². The maximum absolute atomic E-state index is 8.85. The molecule has 4 nitrogen and oxygen atoms in total. The van der Waals surface area contributed by atoms with E-state index in [4.69, 9.17) is 10.3 Å². The molecular formula is C16H15N3O. The summed E-state index contributed by atoms with van der Waals surface area (Å²) in [7, 11) is 0. The first-order chi connectivity index (χ1) is 9.88. The molecule has 0 saturated carbocycles. The average molecular weight is 265 g/mol. The predicted molar refractivity (Wildman–Crippen MR) is 77.5 cm³/mol. The van der Waals surface area contributed by atoms with Crippen LogP contribution in [0.15, 0.2) is 59.7 Å². The summed E-state index contributed by atoms with van der Waals surface area (Å²) >= 11 is 0. The standard InChI is InChI=1S/C16H15N3O/c17-19-18-16-13(10-12-6-2-1-3-7-12)11-20-15-9-5-4-8-14(15)16/h1-9,13,16H,10-11H2. The first-order valence-corrected chi connectivity index (χ1v) is 6.68. The Kier molecular flexibility index (Phi) is 3.57. The third-order valence-corrected chi connectivity index (χ3v) is 3.65. The molecule has 0 fully saturated rings. The van der Waals surface area contributed by atoms with Crippen LogP contribution >= 0.6 is 0 Å². The molecule has 0 amide bonds. The molecule has 3 rings (SSSR count). The number of rotatable bonds is 3. The van der Waals surface area contributed by atoms with Crippen LogP contribution in [0.5, 0.6) is 5.75 Å². The van der Waals surface area contributed by atoms with E-state index in [9.17, 15) is 0 Å². The number of azide groups is 1. The molecule has 2 aromatic carbocycles. The molecule has 1 aliphatic rings. The second-order valence-electron chi connectivity index (χ2n) is 4.95. The van der Waals surface area contributed by atoms with Crippen molar-refractivity contribution in [3.8, 4) is 5.75 Å². The van der Waals surface area contributed by atoms with Crippen LogP contribution in [-0.4, -0.2) is 6.61 Å². The minimum Gasteiger partial charge on any atom is -0.493 e. The molecule has 2 aromatic rings. The van der Waals surface area contributed by atoms with E-state index >= 15 is 0 Å². The van der Waals surface area contributed by atoms with Gasteiger partial charge in [0.1, 0.15) is 5.75 Å². The third kappa shape index (κ3) is 2.46. The number of fused-ring (bicyclic) bond motifs is 1. The highest BCUT2D eigenvalue weighted by Gasteiger charge is 2.30. The second kappa shape index (κ2) is 5.68. The van der Waals surface area contributed by atoms with E-state index in [1.54, 1.807) is 0 Å². The highest BCUT2D eigenvalue weighted by atomic mass is 16.5. The van der Waals surface area contributed by atoms with Crippen LogP contribution in [0.25, 0.3) is 10.4 Å². The van der Waals surface area contributed by atoms with Crippen LogP contribution in [0.2, 0.25) is 0 Å².